The lowest BCUT2D eigenvalue weighted by atomic mass is 9.68. The zero-order valence-corrected chi connectivity index (χ0v) is 15.9. The molecular weight excluding hydrogens is 292 g/mol. The van der Waals surface area contributed by atoms with Gasteiger partial charge in [-0.25, -0.2) is 4.89 Å². The molecule has 0 aromatic carbocycles. The second kappa shape index (κ2) is 8.27. The fraction of sp³-hybridized carbons (Fsp3) is 1.00. The highest BCUT2D eigenvalue weighted by Crippen LogP contribution is 2.45. The molecule has 0 heterocycles. The minimum absolute atomic E-state index is 0.198. The molecule has 2 fully saturated rings. The molecule has 0 spiro atoms. The van der Waals surface area contributed by atoms with Crippen LogP contribution in [0.5, 0.6) is 0 Å². The first kappa shape index (κ1) is 18.4. The van der Waals surface area contributed by atoms with Gasteiger partial charge in [0.25, 0.3) is 0 Å². The Hall–Kier alpha value is 0.0969. The van der Waals surface area contributed by atoms with Gasteiger partial charge < -0.3 is 5.11 Å². The molecule has 0 amide bonds. The van der Waals surface area contributed by atoms with E-state index in [2.05, 4.69) is 20.8 Å². The SMILES string of the molecule is CC[Si](CC)(CC)OOC1(C2CCCCC2O)CCCCC1. The zero-order chi connectivity index (χ0) is 16.1. The molecule has 0 aromatic rings. The Labute approximate surface area is 137 Å². The average Bonchev–Trinajstić information content (AvgIpc) is 2.58. The van der Waals surface area contributed by atoms with Crippen molar-refractivity contribution in [2.45, 2.75) is 108 Å². The Balaban J connectivity index is 2.11. The topological polar surface area (TPSA) is 38.7 Å². The van der Waals surface area contributed by atoms with Crippen LogP contribution in [0, 0.1) is 5.92 Å². The summed E-state index contributed by atoms with van der Waals surface area (Å²) >= 11 is 0. The fourth-order valence-electron chi connectivity index (χ4n) is 4.49. The molecule has 2 saturated carbocycles. The highest BCUT2D eigenvalue weighted by molar-refractivity contribution is 6.73. The van der Waals surface area contributed by atoms with Gasteiger partial charge in [-0.1, -0.05) is 52.9 Å². The number of aliphatic hydroxyl groups is 1. The summed E-state index contributed by atoms with van der Waals surface area (Å²) < 4.78 is 6.25. The van der Waals surface area contributed by atoms with Gasteiger partial charge in [-0.3, -0.25) is 4.58 Å². The third-order valence-electron chi connectivity index (χ3n) is 6.42. The highest BCUT2D eigenvalue weighted by atomic mass is 28.4. The minimum Gasteiger partial charge on any atom is -0.393 e. The molecule has 0 aromatic heterocycles. The van der Waals surface area contributed by atoms with Crippen LogP contribution in [0.15, 0.2) is 0 Å². The maximum Gasteiger partial charge on any atom is 0.238 e. The van der Waals surface area contributed by atoms with E-state index in [4.69, 9.17) is 9.46 Å². The fourth-order valence-corrected chi connectivity index (χ4v) is 6.69. The van der Waals surface area contributed by atoms with Gasteiger partial charge in [0.1, 0.15) is 5.60 Å². The summed E-state index contributed by atoms with van der Waals surface area (Å²) in [4.78, 5) is 6.32. The molecule has 2 rings (SSSR count). The van der Waals surface area contributed by atoms with Gasteiger partial charge in [-0.15, -0.1) is 0 Å². The number of rotatable bonds is 7. The van der Waals surface area contributed by atoms with Crippen molar-refractivity contribution < 1.29 is 14.6 Å². The number of aliphatic hydroxyl groups excluding tert-OH is 1. The van der Waals surface area contributed by atoms with E-state index in [1.165, 1.54) is 25.7 Å². The Kier molecular flexibility index (Phi) is 6.93. The summed E-state index contributed by atoms with van der Waals surface area (Å²) in [5.74, 6) is 0.277. The van der Waals surface area contributed by atoms with E-state index in [1.54, 1.807) is 0 Å². The van der Waals surface area contributed by atoms with Gasteiger partial charge in [-0.2, -0.15) is 0 Å². The molecule has 0 saturated heterocycles. The first-order valence-electron chi connectivity index (χ1n) is 9.66. The smallest absolute Gasteiger partial charge is 0.238 e. The van der Waals surface area contributed by atoms with Crippen molar-refractivity contribution in [2.24, 2.45) is 5.92 Å². The van der Waals surface area contributed by atoms with Crippen LogP contribution in [0.3, 0.4) is 0 Å². The van der Waals surface area contributed by atoms with Crippen LogP contribution < -0.4 is 0 Å². The lowest BCUT2D eigenvalue weighted by Gasteiger charge is -2.47. The monoisotopic (exact) mass is 328 g/mol. The van der Waals surface area contributed by atoms with E-state index in [0.717, 1.165) is 50.2 Å². The average molecular weight is 329 g/mol. The Bertz CT molecular complexity index is 316. The van der Waals surface area contributed by atoms with Crippen molar-refractivity contribution in [2.75, 3.05) is 0 Å². The molecular formula is C18H36O3Si. The van der Waals surface area contributed by atoms with Crippen molar-refractivity contribution in [3.8, 4) is 0 Å². The molecule has 0 aliphatic heterocycles. The molecule has 0 radical (unpaired) electrons. The summed E-state index contributed by atoms with van der Waals surface area (Å²) in [6.07, 6.45) is 10.1. The second-order valence-corrected chi connectivity index (χ2v) is 12.1. The third kappa shape index (κ3) is 3.95. The van der Waals surface area contributed by atoms with Gasteiger partial charge in [0.05, 0.1) is 6.10 Å². The summed E-state index contributed by atoms with van der Waals surface area (Å²) in [7, 11) is -1.74. The highest BCUT2D eigenvalue weighted by Gasteiger charge is 2.47. The molecule has 1 N–H and O–H groups in total. The van der Waals surface area contributed by atoms with Crippen molar-refractivity contribution in [1.82, 2.24) is 0 Å². The molecule has 2 unspecified atom stereocenters. The van der Waals surface area contributed by atoms with Crippen LogP contribution in [0.1, 0.15) is 78.6 Å². The van der Waals surface area contributed by atoms with Gasteiger partial charge in [-0.05, 0) is 43.8 Å². The first-order chi connectivity index (χ1) is 10.6. The maximum absolute atomic E-state index is 10.6. The predicted octanol–water partition coefficient (Wildman–Crippen LogP) is 5.19. The Morgan fingerprint density at radius 3 is 2.05 bits per heavy atom. The van der Waals surface area contributed by atoms with E-state index in [-0.39, 0.29) is 17.6 Å². The summed E-state index contributed by atoms with van der Waals surface area (Å²) in [5.41, 5.74) is -0.212. The second-order valence-electron chi connectivity index (χ2n) is 7.49. The van der Waals surface area contributed by atoms with E-state index in [9.17, 15) is 5.11 Å². The molecule has 2 atom stereocenters. The van der Waals surface area contributed by atoms with E-state index >= 15 is 0 Å². The van der Waals surface area contributed by atoms with Crippen LogP contribution in [-0.4, -0.2) is 25.1 Å². The van der Waals surface area contributed by atoms with Gasteiger partial charge in [0, 0.05) is 5.92 Å². The summed E-state index contributed by atoms with van der Waals surface area (Å²) in [6, 6.07) is 3.34. The molecule has 0 bridgehead atoms. The molecule has 130 valence electrons. The molecule has 22 heavy (non-hydrogen) atoms. The summed E-state index contributed by atoms with van der Waals surface area (Å²) in [5, 5.41) is 10.6. The van der Waals surface area contributed by atoms with Crippen molar-refractivity contribution >= 4 is 8.32 Å². The van der Waals surface area contributed by atoms with Crippen LogP contribution in [0.4, 0.5) is 0 Å². The van der Waals surface area contributed by atoms with Crippen molar-refractivity contribution in [1.29, 1.82) is 0 Å². The predicted molar refractivity (Wildman–Crippen MR) is 93.1 cm³/mol. The van der Waals surface area contributed by atoms with Crippen LogP contribution in [-0.2, 0) is 9.46 Å². The van der Waals surface area contributed by atoms with Crippen molar-refractivity contribution in [3.05, 3.63) is 0 Å². The largest absolute Gasteiger partial charge is 0.393 e. The molecule has 2 aliphatic carbocycles. The number of hydrogen-bond acceptors (Lipinski definition) is 3. The molecule has 4 heteroatoms. The standard InChI is InChI=1S/C18H36O3Si/c1-4-22(5-2,6-3)21-20-18(14-10-7-11-15-18)16-12-8-9-13-17(16)19/h16-17,19H,4-15H2,1-3H3. The number of hydrogen-bond donors (Lipinski definition) is 1. The first-order valence-corrected chi connectivity index (χ1v) is 12.2. The summed E-state index contributed by atoms with van der Waals surface area (Å²) in [6.45, 7) is 6.72. The van der Waals surface area contributed by atoms with Crippen molar-refractivity contribution in [3.63, 3.8) is 0 Å². The minimum atomic E-state index is -1.74. The Morgan fingerprint density at radius 2 is 1.50 bits per heavy atom. The van der Waals surface area contributed by atoms with Crippen LogP contribution in [0.25, 0.3) is 0 Å². The quantitative estimate of drug-likeness (QED) is 0.397. The molecule has 3 nitrogen and oxygen atoms in total. The lowest BCUT2D eigenvalue weighted by Crippen LogP contribution is -2.51. The third-order valence-corrected chi connectivity index (χ3v) is 10.7. The van der Waals surface area contributed by atoms with Gasteiger partial charge >= 0.3 is 0 Å². The van der Waals surface area contributed by atoms with Gasteiger partial charge in [0.2, 0.25) is 8.32 Å². The van der Waals surface area contributed by atoms with E-state index in [0.29, 0.717) is 0 Å². The van der Waals surface area contributed by atoms with E-state index in [1.807, 2.05) is 0 Å². The van der Waals surface area contributed by atoms with Crippen LogP contribution in [0.2, 0.25) is 18.1 Å². The Morgan fingerprint density at radius 1 is 0.909 bits per heavy atom. The van der Waals surface area contributed by atoms with Gasteiger partial charge in [0.15, 0.2) is 0 Å². The normalized spacial score (nSPS) is 29.5. The van der Waals surface area contributed by atoms with Crippen LogP contribution >= 0.6 is 0 Å². The van der Waals surface area contributed by atoms with E-state index < -0.39 is 8.32 Å². The lowest BCUT2D eigenvalue weighted by molar-refractivity contribution is -0.336. The molecule has 2 aliphatic rings. The maximum atomic E-state index is 10.6. The zero-order valence-electron chi connectivity index (χ0n) is 14.9.